The van der Waals surface area contributed by atoms with Crippen molar-refractivity contribution >= 4 is 5.97 Å². The van der Waals surface area contributed by atoms with Gasteiger partial charge in [-0.1, -0.05) is 26.7 Å². The highest BCUT2D eigenvalue weighted by Gasteiger charge is 2.35. The van der Waals surface area contributed by atoms with Gasteiger partial charge in [0, 0.05) is 12.6 Å². The van der Waals surface area contributed by atoms with Gasteiger partial charge in [0.1, 0.15) is 0 Å². The molecule has 0 aromatic rings. The van der Waals surface area contributed by atoms with Crippen LogP contribution in [0.5, 0.6) is 0 Å². The lowest BCUT2D eigenvalue weighted by Crippen LogP contribution is -2.43. The van der Waals surface area contributed by atoms with Crippen LogP contribution in [0.15, 0.2) is 0 Å². The van der Waals surface area contributed by atoms with Crippen LogP contribution in [0, 0.1) is 11.3 Å². The van der Waals surface area contributed by atoms with E-state index < -0.39 is 0 Å². The number of ether oxygens (including phenoxy) is 1. The molecule has 0 aromatic carbocycles. The molecule has 0 bridgehead atoms. The number of carbonyl (C=O) groups is 1. The van der Waals surface area contributed by atoms with E-state index in [1.165, 1.54) is 25.7 Å². The molecule has 0 saturated heterocycles. The molecule has 0 aliphatic heterocycles. The first-order valence-electron chi connectivity index (χ1n) is 7.88. The zero-order chi connectivity index (χ0) is 14.3. The molecular weight excluding hydrogens is 238 g/mol. The number of rotatable bonds is 8. The van der Waals surface area contributed by atoms with E-state index >= 15 is 0 Å². The van der Waals surface area contributed by atoms with Gasteiger partial charge < -0.3 is 10.1 Å². The average Bonchev–Trinajstić information content (AvgIpc) is 2.87. The molecule has 3 nitrogen and oxygen atoms in total. The second-order valence-electron chi connectivity index (χ2n) is 6.58. The van der Waals surface area contributed by atoms with Crippen molar-refractivity contribution in [2.45, 2.75) is 72.3 Å². The monoisotopic (exact) mass is 269 g/mol. The Morgan fingerprint density at radius 3 is 2.53 bits per heavy atom. The van der Waals surface area contributed by atoms with Crippen molar-refractivity contribution < 1.29 is 9.53 Å². The largest absolute Gasteiger partial charge is 0.466 e. The topological polar surface area (TPSA) is 38.3 Å². The van der Waals surface area contributed by atoms with Crippen molar-refractivity contribution in [2.24, 2.45) is 11.3 Å². The molecule has 1 rings (SSSR count). The minimum Gasteiger partial charge on any atom is -0.466 e. The van der Waals surface area contributed by atoms with Gasteiger partial charge in [-0.15, -0.1) is 0 Å². The summed E-state index contributed by atoms with van der Waals surface area (Å²) in [7, 11) is 0. The number of hydrogen-bond donors (Lipinski definition) is 1. The fourth-order valence-electron chi connectivity index (χ4n) is 2.67. The minimum atomic E-state index is -0.372. The highest BCUT2D eigenvalue weighted by molar-refractivity contribution is 5.76. The minimum absolute atomic E-state index is 0.0406. The zero-order valence-electron chi connectivity index (χ0n) is 13.1. The molecule has 1 aliphatic carbocycles. The molecule has 0 radical (unpaired) electrons. The lowest BCUT2D eigenvalue weighted by Gasteiger charge is -2.29. The highest BCUT2D eigenvalue weighted by atomic mass is 16.5. The Morgan fingerprint density at radius 1 is 1.37 bits per heavy atom. The van der Waals surface area contributed by atoms with E-state index in [0.29, 0.717) is 18.6 Å². The predicted octanol–water partition coefficient (Wildman–Crippen LogP) is 3.52. The number of hydrogen-bond acceptors (Lipinski definition) is 3. The fraction of sp³-hybridized carbons (Fsp3) is 0.938. The molecule has 3 heteroatoms. The summed E-state index contributed by atoms with van der Waals surface area (Å²) in [6.07, 6.45) is 7.12. The molecule has 1 N–H and O–H groups in total. The normalized spacial score (nSPS) is 19.6. The molecule has 1 saturated carbocycles. The lowest BCUT2D eigenvalue weighted by atomic mass is 9.83. The van der Waals surface area contributed by atoms with Gasteiger partial charge in [-0.2, -0.15) is 0 Å². The summed E-state index contributed by atoms with van der Waals surface area (Å²) in [5.74, 6) is 0.585. The maximum atomic E-state index is 12.2. The van der Waals surface area contributed by atoms with Gasteiger partial charge in [0.25, 0.3) is 0 Å². The van der Waals surface area contributed by atoms with Crippen LogP contribution in [0.2, 0.25) is 0 Å². The van der Waals surface area contributed by atoms with Gasteiger partial charge in [0.2, 0.25) is 0 Å². The maximum absolute atomic E-state index is 12.2. The molecule has 0 spiro atoms. The first kappa shape index (κ1) is 16.5. The lowest BCUT2D eigenvalue weighted by molar-refractivity contribution is -0.154. The Morgan fingerprint density at radius 2 is 2.00 bits per heavy atom. The van der Waals surface area contributed by atoms with E-state index in [2.05, 4.69) is 26.1 Å². The van der Waals surface area contributed by atoms with Crippen molar-refractivity contribution in [3.05, 3.63) is 0 Å². The second kappa shape index (κ2) is 7.88. The number of esters is 1. The van der Waals surface area contributed by atoms with E-state index in [1.807, 2.05) is 6.92 Å². The Labute approximate surface area is 118 Å². The Balaban J connectivity index is 2.53. The summed E-state index contributed by atoms with van der Waals surface area (Å²) in [5.41, 5.74) is -0.372. The molecule has 0 aromatic heterocycles. The van der Waals surface area contributed by atoms with Gasteiger partial charge >= 0.3 is 5.97 Å². The van der Waals surface area contributed by atoms with Gasteiger partial charge in [0.15, 0.2) is 0 Å². The highest BCUT2D eigenvalue weighted by Crippen LogP contribution is 2.28. The molecular formula is C16H31NO2. The third kappa shape index (κ3) is 5.52. The van der Waals surface area contributed by atoms with Crippen molar-refractivity contribution in [1.29, 1.82) is 0 Å². The standard InChI is InChI=1S/C16H31NO2/c1-5-19-15(18)16(4,11-10-13(2)3)12-17-14-8-6-7-9-14/h13-14,17H,5-12H2,1-4H3. The van der Waals surface area contributed by atoms with Crippen molar-refractivity contribution in [2.75, 3.05) is 13.2 Å². The average molecular weight is 269 g/mol. The Kier molecular flexibility index (Phi) is 6.84. The summed E-state index contributed by atoms with van der Waals surface area (Å²) in [4.78, 5) is 12.2. The zero-order valence-corrected chi connectivity index (χ0v) is 13.1. The van der Waals surface area contributed by atoms with Crippen molar-refractivity contribution in [3.63, 3.8) is 0 Å². The molecule has 19 heavy (non-hydrogen) atoms. The summed E-state index contributed by atoms with van der Waals surface area (Å²) in [5, 5.41) is 3.58. The quantitative estimate of drug-likeness (QED) is 0.685. The smallest absolute Gasteiger partial charge is 0.313 e. The summed E-state index contributed by atoms with van der Waals surface area (Å²) in [6.45, 7) is 9.56. The van der Waals surface area contributed by atoms with Gasteiger partial charge in [-0.3, -0.25) is 4.79 Å². The first-order chi connectivity index (χ1) is 8.98. The summed E-state index contributed by atoms with van der Waals surface area (Å²) < 4.78 is 5.28. The van der Waals surface area contributed by atoms with Crippen LogP contribution in [0.1, 0.15) is 66.2 Å². The first-order valence-corrected chi connectivity index (χ1v) is 7.88. The molecule has 1 aliphatic rings. The van der Waals surface area contributed by atoms with E-state index in [0.717, 1.165) is 19.4 Å². The van der Waals surface area contributed by atoms with Crippen LogP contribution in [0.25, 0.3) is 0 Å². The van der Waals surface area contributed by atoms with Crippen LogP contribution < -0.4 is 5.32 Å². The molecule has 112 valence electrons. The van der Waals surface area contributed by atoms with E-state index in [4.69, 9.17) is 4.74 Å². The third-order valence-electron chi connectivity index (χ3n) is 4.18. The molecule has 0 heterocycles. The van der Waals surface area contributed by atoms with Gasteiger partial charge in [-0.05, 0) is 45.4 Å². The van der Waals surface area contributed by atoms with Gasteiger partial charge in [0.05, 0.1) is 12.0 Å². The fourth-order valence-corrected chi connectivity index (χ4v) is 2.67. The summed E-state index contributed by atoms with van der Waals surface area (Å²) in [6, 6.07) is 0.604. The summed E-state index contributed by atoms with van der Waals surface area (Å²) >= 11 is 0. The number of carbonyl (C=O) groups excluding carboxylic acids is 1. The van der Waals surface area contributed by atoms with E-state index in [9.17, 15) is 4.79 Å². The SMILES string of the molecule is CCOC(=O)C(C)(CCC(C)C)CNC1CCCC1. The molecule has 0 amide bonds. The van der Waals surface area contributed by atoms with Crippen LogP contribution in [0.3, 0.4) is 0 Å². The maximum Gasteiger partial charge on any atom is 0.313 e. The van der Waals surface area contributed by atoms with E-state index in [1.54, 1.807) is 0 Å². The van der Waals surface area contributed by atoms with Crippen LogP contribution in [0.4, 0.5) is 0 Å². The molecule has 1 atom stereocenters. The molecule has 1 unspecified atom stereocenters. The second-order valence-corrected chi connectivity index (χ2v) is 6.58. The van der Waals surface area contributed by atoms with Crippen LogP contribution in [-0.4, -0.2) is 25.2 Å². The van der Waals surface area contributed by atoms with Crippen molar-refractivity contribution in [1.82, 2.24) is 5.32 Å². The Hall–Kier alpha value is -0.570. The third-order valence-corrected chi connectivity index (χ3v) is 4.18. The predicted molar refractivity (Wildman–Crippen MR) is 79.1 cm³/mol. The van der Waals surface area contributed by atoms with Crippen LogP contribution in [-0.2, 0) is 9.53 Å². The van der Waals surface area contributed by atoms with Crippen molar-refractivity contribution in [3.8, 4) is 0 Å². The molecule has 1 fully saturated rings. The Bertz CT molecular complexity index is 272. The van der Waals surface area contributed by atoms with Gasteiger partial charge in [-0.25, -0.2) is 0 Å². The number of nitrogens with one attached hydrogen (secondary N) is 1. The van der Waals surface area contributed by atoms with Crippen LogP contribution >= 0.6 is 0 Å². The van der Waals surface area contributed by atoms with E-state index in [-0.39, 0.29) is 11.4 Å².